The van der Waals surface area contributed by atoms with Crippen LogP contribution in [-0.4, -0.2) is 29.8 Å². The van der Waals surface area contributed by atoms with Crippen LogP contribution in [0.3, 0.4) is 0 Å². The van der Waals surface area contributed by atoms with Crippen LogP contribution in [0.2, 0.25) is 0 Å². The van der Waals surface area contributed by atoms with E-state index in [1.165, 1.54) is 0 Å². The van der Waals surface area contributed by atoms with Gasteiger partial charge in [0.05, 0.1) is 0 Å². The molecule has 3 N–H and O–H groups in total. The molecule has 0 aliphatic carbocycles. The van der Waals surface area contributed by atoms with E-state index in [1.54, 1.807) is 0 Å². The second kappa shape index (κ2) is 7.63. The number of carbonyl (C=O) groups is 1. The molecule has 19 heavy (non-hydrogen) atoms. The van der Waals surface area contributed by atoms with Crippen molar-refractivity contribution in [2.24, 2.45) is 0 Å². The molecular weight excluding hydrogens is 242 g/mol. The first-order valence-electron chi connectivity index (χ1n) is 6.42. The molecule has 0 aliphatic rings. The molecule has 0 atom stereocenters. The van der Waals surface area contributed by atoms with Crippen molar-refractivity contribution in [1.29, 1.82) is 0 Å². The van der Waals surface area contributed by atoms with Gasteiger partial charge in [-0.2, -0.15) is 0 Å². The largest absolute Gasteiger partial charge is 0.444 e. The molecule has 1 rings (SSSR count). The van der Waals surface area contributed by atoms with E-state index < -0.39 is 11.7 Å². The first kappa shape index (κ1) is 15.3. The van der Waals surface area contributed by atoms with Gasteiger partial charge in [-0.05, 0) is 32.9 Å². The number of H-pyrrole nitrogens is 1. The predicted octanol–water partition coefficient (Wildman–Crippen LogP) is 2.19. The van der Waals surface area contributed by atoms with Crippen molar-refractivity contribution >= 4 is 6.09 Å². The van der Waals surface area contributed by atoms with Crippen molar-refractivity contribution in [2.75, 3.05) is 13.1 Å². The molecule has 106 valence electrons. The summed E-state index contributed by atoms with van der Waals surface area (Å²) >= 11 is 0. The molecule has 1 aromatic rings. The molecule has 0 saturated carbocycles. The quantitative estimate of drug-likeness (QED) is 0.545. The summed E-state index contributed by atoms with van der Waals surface area (Å²) in [5.41, 5.74) is 0.700. The Kier molecular flexibility index (Phi) is 6.15. The normalized spacial score (nSPS) is 11.7. The Morgan fingerprint density at radius 3 is 2.74 bits per heavy atom. The smallest absolute Gasteiger partial charge is 0.407 e. The molecule has 0 aromatic carbocycles. The van der Waals surface area contributed by atoms with Gasteiger partial charge >= 0.3 is 6.09 Å². The number of aromatic nitrogens is 1. The van der Waals surface area contributed by atoms with Gasteiger partial charge < -0.3 is 20.4 Å². The molecule has 1 amide bonds. The minimum Gasteiger partial charge on any atom is -0.444 e. The zero-order chi connectivity index (χ0) is 14.1. The van der Waals surface area contributed by atoms with Gasteiger partial charge in [-0.1, -0.05) is 12.2 Å². The average Bonchev–Trinajstić information content (AvgIpc) is 2.78. The average molecular weight is 265 g/mol. The molecule has 0 saturated heterocycles. The molecule has 1 heterocycles. The van der Waals surface area contributed by atoms with E-state index in [0.29, 0.717) is 6.54 Å². The molecule has 0 radical (unpaired) electrons. The summed E-state index contributed by atoms with van der Waals surface area (Å²) in [7, 11) is 0. The first-order valence-corrected chi connectivity index (χ1v) is 6.42. The Hall–Kier alpha value is -1.75. The van der Waals surface area contributed by atoms with Crippen LogP contribution in [0, 0.1) is 0 Å². The topological polar surface area (TPSA) is 66.2 Å². The fourth-order valence-electron chi connectivity index (χ4n) is 1.39. The van der Waals surface area contributed by atoms with Gasteiger partial charge in [0, 0.05) is 31.5 Å². The fourth-order valence-corrected chi connectivity index (χ4v) is 1.39. The van der Waals surface area contributed by atoms with Crippen LogP contribution < -0.4 is 10.6 Å². The standard InChI is InChI=1S/C14H23N3O2/c1-14(2,3)19-13(18)17-9-5-4-8-15-11-12-7-6-10-16-12/h4-7,10,15-16H,8-9,11H2,1-3H3,(H,17,18)/b5-4+. The number of rotatable bonds is 6. The summed E-state index contributed by atoms with van der Waals surface area (Å²) in [6, 6.07) is 4.00. The summed E-state index contributed by atoms with van der Waals surface area (Å²) in [6.07, 6.45) is 5.38. The maximum atomic E-state index is 11.3. The highest BCUT2D eigenvalue weighted by molar-refractivity contribution is 5.67. The van der Waals surface area contributed by atoms with Gasteiger partial charge in [-0.3, -0.25) is 0 Å². The monoisotopic (exact) mass is 265 g/mol. The minimum absolute atomic E-state index is 0.392. The van der Waals surface area contributed by atoms with Crippen molar-refractivity contribution in [3.63, 3.8) is 0 Å². The fraction of sp³-hybridized carbons (Fsp3) is 0.500. The molecule has 0 unspecified atom stereocenters. The summed E-state index contributed by atoms with van der Waals surface area (Å²) in [5, 5.41) is 5.91. The zero-order valence-electron chi connectivity index (χ0n) is 11.8. The maximum Gasteiger partial charge on any atom is 0.407 e. The molecule has 0 spiro atoms. The number of carbonyl (C=O) groups excluding carboxylic acids is 1. The number of ether oxygens (including phenoxy) is 1. The van der Waals surface area contributed by atoms with E-state index in [4.69, 9.17) is 4.74 Å². The second-order valence-electron chi connectivity index (χ2n) is 5.18. The Labute approximate surface area is 114 Å². The van der Waals surface area contributed by atoms with Crippen molar-refractivity contribution < 1.29 is 9.53 Å². The number of hydrogen-bond acceptors (Lipinski definition) is 3. The van der Waals surface area contributed by atoms with Crippen LogP contribution in [0.5, 0.6) is 0 Å². The lowest BCUT2D eigenvalue weighted by molar-refractivity contribution is 0.0534. The van der Waals surface area contributed by atoms with Crippen molar-refractivity contribution in [3.05, 3.63) is 36.2 Å². The lowest BCUT2D eigenvalue weighted by Crippen LogP contribution is -2.32. The van der Waals surface area contributed by atoms with Gasteiger partial charge in [-0.25, -0.2) is 4.79 Å². The number of nitrogens with one attached hydrogen (secondary N) is 3. The molecule has 5 heteroatoms. The predicted molar refractivity (Wildman–Crippen MR) is 75.9 cm³/mol. The van der Waals surface area contributed by atoms with Gasteiger partial charge in [0.1, 0.15) is 5.60 Å². The highest BCUT2D eigenvalue weighted by Gasteiger charge is 2.14. The van der Waals surface area contributed by atoms with E-state index in [0.717, 1.165) is 18.8 Å². The van der Waals surface area contributed by atoms with E-state index in [-0.39, 0.29) is 0 Å². The van der Waals surface area contributed by atoms with E-state index in [2.05, 4.69) is 15.6 Å². The van der Waals surface area contributed by atoms with E-state index in [1.807, 2.05) is 51.3 Å². The third-order valence-corrected chi connectivity index (χ3v) is 2.17. The molecule has 1 aromatic heterocycles. The summed E-state index contributed by atoms with van der Waals surface area (Å²) < 4.78 is 5.11. The molecule has 0 fully saturated rings. The Morgan fingerprint density at radius 2 is 2.11 bits per heavy atom. The molecule has 5 nitrogen and oxygen atoms in total. The van der Waals surface area contributed by atoms with Crippen LogP contribution in [0.25, 0.3) is 0 Å². The number of aromatic amines is 1. The Bertz CT molecular complexity index is 391. The minimum atomic E-state index is -0.453. The van der Waals surface area contributed by atoms with Crippen LogP contribution in [0.4, 0.5) is 4.79 Å². The van der Waals surface area contributed by atoms with Crippen molar-refractivity contribution in [2.45, 2.75) is 32.9 Å². The van der Waals surface area contributed by atoms with E-state index >= 15 is 0 Å². The summed E-state index contributed by atoms with van der Waals surface area (Å²) in [5.74, 6) is 0. The first-order chi connectivity index (χ1) is 8.97. The van der Waals surface area contributed by atoms with Gasteiger partial charge in [0.2, 0.25) is 0 Å². The Balaban J connectivity index is 2.03. The zero-order valence-corrected chi connectivity index (χ0v) is 11.8. The van der Waals surface area contributed by atoms with Gasteiger partial charge in [0.25, 0.3) is 0 Å². The SMILES string of the molecule is CC(C)(C)OC(=O)NC/C=C/CNCc1ccc[nH]1. The molecular formula is C14H23N3O2. The van der Waals surface area contributed by atoms with Crippen molar-refractivity contribution in [3.8, 4) is 0 Å². The lowest BCUT2D eigenvalue weighted by atomic mass is 10.2. The number of amides is 1. The summed E-state index contributed by atoms with van der Waals surface area (Å²) in [4.78, 5) is 14.4. The lowest BCUT2D eigenvalue weighted by Gasteiger charge is -2.19. The van der Waals surface area contributed by atoms with Gasteiger partial charge in [-0.15, -0.1) is 0 Å². The maximum absolute atomic E-state index is 11.3. The second-order valence-corrected chi connectivity index (χ2v) is 5.18. The third kappa shape index (κ3) is 8.05. The van der Waals surface area contributed by atoms with Crippen LogP contribution in [0.1, 0.15) is 26.5 Å². The molecule has 0 bridgehead atoms. The number of alkyl carbamates (subject to hydrolysis) is 1. The Morgan fingerprint density at radius 1 is 1.37 bits per heavy atom. The third-order valence-electron chi connectivity index (χ3n) is 2.17. The van der Waals surface area contributed by atoms with E-state index in [9.17, 15) is 4.79 Å². The number of hydrogen-bond donors (Lipinski definition) is 3. The highest BCUT2D eigenvalue weighted by Crippen LogP contribution is 2.05. The molecule has 0 aliphatic heterocycles. The van der Waals surface area contributed by atoms with Crippen molar-refractivity contribution in [1.82, 2.24) is 15.6 Å². The summed E-state index contributed by atoms with van der Waals surface area (Å²) in [6.45, 7) is 7.55. The van der Waals surface area contributed by atoms with Crippen LogP contribution in [-0.2, 0) is 11.3 Å². The van der Waals surface area contributed by atoms with Crippen LogP contribution >= 0.6 is 0 Å². The highest BCUT2D eigenvalue weighted by atomic mass is 16.6. The van der Waals surface area contributed by atoms with Crippen LogP contribution in [0.15, 0.2) is 30.5 Å². The van der Waals surface area contributed by atoms with Gasteiger partial charge in [0.15, 0.2) is 0 Å².